The lowest BCUT2D eigenvalue weighted by Gasteiger charge is -2.23. The third kappa shape index (κ3) is 7.23. The van der Waals surface area contributed by atoms with Crippen molar-refractivity contribution in [3.8, 4) is 11.5 Å². The van der Waals surface area contributed by atoms with Gasteiger partial charge in [-0.3, -0.25) is 9.10 Å². The largest absolute Gasteiger partial charge is 0.495 e. The van der Waals surface area contributed by atoms with Crippen LogP contribution in [0.2, 0.25) is 5.02 Å². The molecule has 0 fully saturated rings. The van der Waals surface area contributed by atoms with Crippen LogP contribution in [-0.2, 0) is 21.4 Å². The molecule has 3 aromatic rings. The van der Waals surface area contributed by atoms with Gasteiger partial charge in [-0.15, -0.1) is 0 Å². The lowest BCUT2D eigenvalue weighted by molar-refractivity contribution is -0.119. The van der Waals surface area contributed by atoms with E-state index in [0.717, 1.165) is 21.7 Å². The lowest BCUT2D eigenvalue weighted by Crippen LogP contribution is -2.39. The molecule has 0 heterocycles. The maximum Gasteiger partial charge on any atom is 0.260 e. The number of hydrogen-bond acceptors (Lipinski definition) is 6. The fourth-order valence-corrected chi connectivity index (χ4v) is 3.94. The Balaban J connectivity index is 1.56. The van der Waals surface area contributed by atoms with Crippen LogP contribution < -0.4 is 19.2 Å². The van der Waals surface area contributed by atoms with Gasteiger partial charge >= 0.3 is 0 Å². The van der Waals surface area contributed by atoms with E-state index in [4.69, 9.17) is 21.1 Å². The van der Waals surface area contributed by atoms with Crippen molar-refractivity contribution in [3.63, 3.8) is 0 Å². The predicted octanol–water partition coefficient (Wildman–Crippen LogP) is 3.84. The number of methoxy groups -OCH3 is 1. The summed E-state index contributed by atoms with van der Waals surface area (Å²) < 4.78 is 36.4. The van der Waals surface area contributed by atoms with Crippen molar-refractivity contribution in [1.82, 2.24) is 5.43 Å². The van der Waals surface area contributed by atoms with Crippen LogP contribution >= 0.6 is 11.6 Å². The number of sulfonamides is 1. The summed E-state index contributed by atoms with van der Waals surface area (Å²) >= 11 is 5.88. The first-order valence-corrected chi connectivity index (χ1v) is 12.4. The van der Waals surface area contributed by atoms with Crippen LogP contribution in [0.15, 0.2) is 77.9 Å². The van der Waals surface area contributed by atoms with Crippen LogP contribution in [0.3, 0.4) is 0 Å². The Morgan fingerprint density at radius 2 is 1.74 bits per heavy atom. The maximum absolute atomic E-state index is 12.4. The average molecular weight is 502 g/mol. The van der Waals surface area contributed by atoms with Crippen LogP contribution in [0.5, 0.6) is 11.5 Å². The highest BCUT2D eigenvalue weighted by molar-refractivity contribution is 7.92. The molecule has 0 aliphatic heterocycles. The Kier molecular flexibility index (Phi) is 8.50. The maximum atomic E-state index is 12.4. The van der Waals surface area contributed by atoms with Crippen molar-refractivity contribution in [2.75, 3.05) is 24.2 Å². The summed E-state index contributed by atoms with van der Waals surface area (Å²) in [6, 6.07) is 21.1. The number of carbonyl (C=O) groups excluding carboxylic acids is 1. The normalized spacial score (nSPS) is 11.3. The van der Waals surface area contributed by atoms with Crippen molar-refractivity contribution in [1.29, 1.82) is 0 Å². The number of ether oxygens (including phenoxy) is 2. The van der Waals surface area contributed by atoms with Gasteiger partial charge in [-0.05, 0) is 59.7 Å². The monoisotopic (exact) mass is 501 g/mol. The molecule has 0 aliphatic carbocycles. The first-order chi connectivity index (χ1) is 16.3. The summed E-state index contributed by atoms with van der Waals surface area (Å²) in [6.07, 6.45) is 2.47. The lowest BCUT2D eigenvalue weighted by atomic mass is 10.2. The summed E-state index contributed by atoms with van der Waals surface area (Å²) in [4.78, 5) is 12.4. The van der Waals surface area contributed by atoms with Gasteiger partial charge in [0.2, 0.25) is 10.0 Å². The second kappa shape index (κ2) is 11.5. The molecule has 10 heteroatoms. The number of nitrogens with one attached hydrogen (secondary N) is 1. The molecule has 3 rings (SSSR count). The summed E-state index contributed by atoms with van der Waals surface area (Å²) in [5.41, 5.74) is 4.33. The Hall–Kier alpha value is -3.56. The van der Waals surface area contributed by atoms with Gasteiger partial charge in [0, 0.05) is 5.02 Å². The third-order valence-corrected chi connectivity index (χ3v) is 6.02. The highest BCUT2D eigenvalue weighted by Gasteiger charge is 2.23. The Bertz CT molecular complexity index is 1250. The van der Waals surface area contributed by atoms with Gasteiger partial charge in [0.05, 0.1) is 25.3 Å². The van der Waals surface area contributed by atoms with E-state index < -0.39 is 22.5 Å². The van der Waals surface area contributed by atoms with Crippen molar-refractivity contribution >= 4 is 39.4 Å². The fraction of sp³-hybridized carbons (Fsp3) is 0.167. The van der Waals surface area contributed by atoms with Crippen LogP contribution in [0.25, 0.3) is 0 Å². The molecule has 0 spiro atoms. The van der Waals surface area contributed by atoms with Gasteiger partial charge in [-0.2, -0.15) is 5.10 Å². The van der Waals surface area contributed by atoms with Gasteiger partial charge in [0.15, 0.2) is 0 Å². The standard InChI is InChI=1S/C24H24ClN3O5S/c1-32-23-6-4-3-5-22(23)28(34(2,30)31)16-24(29)27-26-15-18-9-13-21(14-10-18)33-17-19-7-11-20(25)12-8-19/h3-15H,16-17H2,1-2H3,(H,27,29)/b26-15-. The number of hydrazone groups is 1. The van der Waals surface area contributed by atoms with Crippen LogP contribution in [0.1, 0.15) is 11.1 Å². The molecule has 0 saturated heterocycles. The third-order valence-electron chi connectivity index (χ3n) is 4.64. The Labute approximate surface area is 203 Å². The molecular weight excluding hydrogens is 478 g/mol. The molecule has 3 aromatic carbocycles. The zero-order valence-corrected chi connectivity index (χ0v) is 20.2. The zero-order chi connectivity index (χ0) is 24.6. The molecule has 0 aromatic heterocycles. The number of nitrogens with zero attached hydrogens (tertiary/aromatic N) is 2. The molecule has 0 saturated carbocycles. The molecule has 178 valence electrons. The highest BCUT2D eigenvalue weighted by atomic mass is 35.5. The van der Waals surface area contributed by atoms with E-state index in [1.54, 1.807) is 60.7 Å². The molecule has 0 bridgehead atoms. The number of anilines is 1. The number of rotatable bonds is 10. The van der Waals surface area contributed by atoms with Gasteiger partial charge in [0.25, 0.3) is 5.91 Å². The quantitative estimate of drug-likeness (QED) is 0.336. The number of carbonyl (C=O) groups is 1. The van der Waals surface area contributed by atoms with E-state index in [9.17, 15) is 13.2 Å². The molecule has 0 unspecified atom stereocenters. The van der Waals surface area contributed by atoms with Crippen molar-refractivity contribution in [2.45, 2.75) is 6.61 Å². The minimum Gasteiger partial charge on any atom is -0.495 e. The van der Waals surface area contributed by atoms with E-state index in [1.165, 1.54) is 13.3 Å². The number of benzene rings is 3. The topological polar surface area (TPSA) is 97.3 Å². The molecule has 0 radical (unpaired) electrons. The minimum absolute atomic E-state index is 0.265. The number of para-hydroxylation sites is 2. The Morgan fingerprint density at radius 3 is 2.38 bits per heavy atom. The van der Waals surface area contributed by atoms with Crippen molar-refractivity contribution in [3.05, 3.63) is 88.9 Å². The SMILES string of the molecule is COc1ccccc1N(CC(=O)N/N=C\c1ccc(OCc2ccc(Cl)cc2)cc1)S(C)(=O)=O. The summed E-state index contributed by atoms with van der Waals surface area (Å²) in [6.45, 7) is -0.0439. The predicted molar refractivity (Wildman–Crippen MR) is 133 cm³/mol. The van der Waals surface area contributed by atoms with Crippen molar-refractivity contribution in [2.24, 2.45) is 5.10 Å². The first kappa shape index (κ1) is 25.1. The van der Waals surface area contributed by atoms with E-state index in [1.807, 2.05) is 12.1 Å². The molecule has 34 heavy (non-hydrogen) atoms. The van der Waals surface area contributed by atoms with Gasteiger partial charge < -0.3 is 9.47 Å². The van der Waals surface area contributed by atoms with Crippen molar-refractivity contribution < 1.29 is 22.7 Å². The molecule has 1 amide bonds. The van der Waals surface area contributed by atoms with E-state index >= 15 is 0 Å². The van der Waals surface area contributed by atoms with Gasteiger partial charge in [0.1, 0.15) is 24.7 Å². The average Bonchev–Trinajstić information content (AvgIpc) is 2.82. The van der Waals surface area contributed by atoms with Crippen LogP contribution in [0.4, 0.5) is 5.69 Å². The van der Waals surface area contributed by atoms with E-state index in [2.05, 4.69) is 10.5 Å². The summed E-state index contributed by atoms with van der Waals surface area (Å²) in [5.74, 6) is 0.412. The highest BCUT2D eigenvalue weighted by Crippen LogP contribution is 2.29. The number of amides is 1. The zero-order valence-electron chi connectivity index (χ0n) is 18.6. The van der Waals surface area contributed by atoms with Gasteiger partial charge in [-0.25, -0.2) is 13.8 Å². The summed E-state index contributed by atoms with van der Waals surface area (Å²) in [7, 11) is -2.31. The van der Waals surface area contributed by atoms with Gasteiger partial charge in [-0.1, -0.05) is 35.9 Å². The Morgan fingerprint density at radius 1 is 1.06 bits per heavy atom. The second-order valence-electron chi connectivity index (χ2n) is 7.22. The smallest absolute Gasteiger partial charge is 0.260 e. The van der Waals surface area contributed by atoms with E-state index in [-0.39, 0.29) is 5.69 Å². The first-order valence-electron chi connectivity index (χ1n) is 10.2. The minimum atomic E-state index is -3.74. The molecular formula is C24H24ClN3O5S. The fourth-order valence-electron chi connectivity index (χ4n) is 2.96. The van der Waals surface area contributed by atoms with Crippen LogP contribution in [-0.4, -0.2) is 40.4 Å². The van der Waals surface area contributed by atoms with Crippen LogP contribution in [0, 0.1) is 0 Å². The van der Waals surface area contributed by atoms with E-state index in [0.29, 0.717) is 23.1 Å². The number of hydrogen-bond donors (Lipinski definition) is 1. The summed E-state index contributed by atoms with van der Waals surface area (Å²) in [5, 5.41) is 4.58. The molecule has 0 atom stereocenters. The molecule has 8 nitrogen and oxygen atoms in total. The molecule has 1 N–H and O–H groups in total. The number of halogens is 1. The molecule has 0 aliphatic rings. The second-order valence-corrected chi connectivity index (χ2v) is 9.56.